The fraction of sp³-hybridized carbons (Fsp3) is 0.167. The number of rotatable bonds is 3. The van der Waals surface area contributed by atoms with E-state index in [1.807, 2.05) is 31.2 Å². The highest BCUT2D eigenvalue weighted by Crippen LogP contribution is 2.29. The molecule has 0 saturated carbocycles. The number of carbonyl (C=O) groups is 1. The highest BCUT2D eigenvalue weighted by molar-refractivity contribution is 9.10. The summed E-state index contributed by atoms with van der Waals surface area (Å²) in [5.74, 6) is -0.849. The number of hydrogen-bond donors (Lipinski definition) is 1. The van der Waals surface area contributed by atoms with Crippen LogP contribution in [-0.4, -0.2) is 16.1 Å². The normalized spacial score (nSPS) is 10.5. The number of aromatic nitrogens is 1. The minimum absolute atomic E-state index is 0.0850. The van der Waals surface area contributed by atoms with E-state index in [0.717, 1.165) is 10.0 Å². The van der Waals surface area contributed by atoms with Gasteiger partial charge in [-0.25, -0.2) is 9.78 Å². The number of oxazole rings is 1. The lowest BCUT2D eigenvalue weighted by molar-refractivity contribution is 0.0662. The van der Waals surface area contributed by atoms with Gasteiger partial charge in [0.15, 0.2) is 0 Å². The molecular weight excluding hydrogens is 286 g/mol. The zero-order valence-corrected chi connectivity index (χ0v) is 10.7. The van der Waals surface area contributed by atoms with Crippen molar-refractivity contribution in [2.24, 2.45) is 0 Å². The highest BCUT2D eigenvalue weighted by atomic mass is 79.9. The lowest BCUT2D eigenvalue weighted by Gasteiger charge is -1.97. The molecule has 5 heteroatoms. The molecule has 1 N–H and O–H groups in total. The van der Waals surface area contributed by atoms with E-state index in [0.29, 0.717) is 18.0 Å². The summed E-state index contributed by atoms with van der Waals surface area (Å²) in [6.07, 6.45) is 0.523. The van der Waals surface area contributed by atoms with Crippen LogP contribution in [0.5, 0.6) is 0 Å². The molecule has 0 aliphatic carbocycles. The van der Waals surface area contributed by atoms with Crippen LogP contribution in [0.4, 0.5) is 0 Å². The van der Waals surface area contributed by atoms with E-state index in [2.05, 4.69) is 20.9 Å². The number of aryl methyl sites for hydroxylation is 1. The van der Waals surface area contributed by atoms with Gasteiger partial charge in [0, 0.05) is 4.47 Å². The summed E-state index contributed by atoms with van der Waals surface area (Å²) in [4.78, 5) is 15.2. The quantitative estimate of drug-likeness (QED) is 0.943. The molecule has 0 saturated heterocycles. The van der Waals surface area contributed by atoms with E-state index in [9.17, 15) is 4.79 Å². The van der Waals surface area contributed by atoms with Crippen molar-refractivity contribution in [2.45, 2.75) is 13.3 Å². The first-order chi connectivity index (χ1) is 8.13. The van der Waals surface area contributed by atoms with E-state index < -0.39 is 5.97 Å². The summed E-state index contributed by atoms with van der Waals surface area (Å²) in [7, 11) is 0. The van der Waals surface area contributed by atoms with Crippen LogP contribution in [0.3, 0.4) is 0 Å². The molecule has 0 aliphatic rings. The fourth-order valence-corrected chi connectivity index (χ4v) is 1.96. The maximum atomic E-state index is 11.0. The maximum absolute atomic E-state index is 11.0. The Morgan fingerprint density at radius 2 is 2.18 bits per heavy atom. The van der Waals surface area contributed by atoms with Crippen LogP contribution < -0.4 is 0 Å². The van der Waals surface area contributed by atoms with Crippen molar-refractivity contribution in [3.63, 3.8) is 0 Å². The number of nitrogens with zero attached hydrogens (tertiary/aromatic N) is 1. The summed E-state index contributed by atoms with van der Waals surface area (Å²) in [6, 6.07) is 7.39. The molecule has 2 rings (SSSR count). The standard InChI is InChI=1S/C12H10BrNO3/c1-2-9-10(12(15)16)17-11(14-9)7-5-3-4-6-8(7)13/h3-6H,2H2,1H3,(H,15,16). The molecule has 0 spiro atoms. The van der Waals surface area contributed by atoms with Crippen LogP contribution >= 0.6 is 15.9 Å². The number of benzene rings is 1. The van der Waals surface area contributed by atoms with Crippen LogP contribution in [0, 0.1) is 0 Å². The largest absolute Gasteiger partial charge is 0.475 e. The first-order valence-corrected chi connectivity index (χ1v) is 5.90. The topological polar surface area (TPSA) is 63.3 Å². The molecule has 0 atom stereocenters. The lowest BCUT2D eigenvalue weighted by atomic mass is 10.2. The van der Waals surface area contributed by atoms with Crippen LogP contribution in [-0.2, 0) is 6.42 Å². The van der Waals surface area contributed by atoms with Crippen LogP contribution in [0.25, 0.3) is 11.5 Å². The zero-order valence-electron chi connectivity index (χ0n) is 9.11. The summed E-state index contributed by atoms with van der Waals surface area (Å²) >= 11 is 3.38. The molecule has 0 amide bonds. The van der Waals surface area contributed by atoms with E-state index in [4.69, 9.17) is 9.52 Å². The highest BCUT2D eigenvalue weighted by Gasteiger charge is 2.19. The second-order valence-corrected chi connectivity index (χ2v) is 4.29. The molecule has 1 aromatic heterocycles. The maximum Gasteiger partial charge on any atom is 0.373 e. The smallest absolute Gasteiger partial charge is 0.373 e. The third-order valence-electron chi connectivity index (χ3n) is 2.33. The van der Waals surface area contributed by atoms with Gasteiger partial charge in [-0.05, 0) is 34.5 Å². The molecule has 17 heavy (non-hydrogen) atoms. The minimum atomic E-state index is -1.09. The SMILES string of the molecule is CCc1nc(-c2ccccc2Br)oc1C(=O)O. The van der Waals surface area contributed by atoms with E-state index >= 15 is 0 Å². The van der Waals surface area contributed by atoms with Gasteiger partial charge >= 0.3 is 5.97 Å². The van der Waals surface area contributed by atoms with E-state index in [1.165, 1.54) is 0 Å². The number of carboxylic acids is 1. The van der Waals surface area contributed by atoms with Crippen molar-refractivity contribution >= 4 is 21.9 Å². The second-order valence-electron chi connectivity index (χ2n) is 3.43. The van der Waals surface area contributed by atoms with Gasteiger partial charge in [0.1, 0.15) is 0 Å². The molecule has 0 unspecified atom stereocenters. The summed E-state index contributed by atoms with van der Waals surface area (Å²) in [5, 5.41) is 8.98. The summed E-state index contributed by atoms with van der Waals surface area (Å²) < 4.78 is 6.11. The third kappa shape index (κ3) is 2.24. The van der Waals surface area contributed by atoms with Gasteiger partial charge in [-0.2, -0.15) is 0 Å². The van der Waals surface area contributed by atoms with Gasteiger partial charge < -0.3 is 9.52 Å². The zero-order chi connectivity index (χ0) is 12.4. The van der Waals surface area contributed by atoms with Gasteiger partial charge in [-0.1, -0.05) is 19.1 Å². The molecule has 1 heterocycles. The molecule has 0 fully saturated rings. The summed E-state index contributed by atoms with van der Waals surface area (Å²) in [5.41, 5.74) is 1.21. The minimum Gasteiger partial charge on any atom is -0.475 e. The Labute approximate surface area is 106 Å². The first kappa shape index (κ1) is 11.9. The van der Waals surface area contributed by atoms with Crippen molar-refractivity contribution in [1.29, 1.82) is 0 Å². The first-order valence-electron chi connectivity index (χ1n) is 5.11. The van der Waals surface area contributed by atoms with Crippen molar-refractivity contribution in [3.05, 3.63) is 40.2 Å². The van der Waals surface area contributed by atoms with Crippen LogP contribution in [0.1, 0.15) is 23.2 Å². The number of carboxylic acid groups (broad SMARTS) is 1. The Morgan fingerprint density at radius 1 is 1.47 bits per heavy atom. The van der Waals surface area contributed by atoms with Gasteiger partial charge in [0.05, 0.1) is 11.3 Å². The molecule has 2 aromatic rings. The van der Waals surface area contributed by atoms with Crippen LogP contribution in [0.2, 0.25) is 0 Å². The molecule has 0 bridgehead atoms. The molecule has 0 aliphatic heterocycles. The van der Waals surface area contributed by atoms with Crippen molar-refractivity contribution in [2.75, 3.05) is 0 Å². The monoisotopic (exact) mass is 295 g/mol. The van der Waals surface area contributed by atoms with Crippen molar-refractivity contribution < 1.29 is 14.3 Å². The average Bonchev–Trinajstić information content (AvgIpc) is 2.73. The van der Waals surface area contributed by atoms with Crippen molar-refractivity contribution in [1.82, 2.24) is 4.98 Å². The van der Waals surface area contributed by atoms with Gasteiger partial charge in [0.25, 0.3) is 0 Å². The third-order valence-corrected chi connectivity index (χ3v) is 3.02. The molecule has 1 aromatic carbocycles. The van der Waals surface area contributed by atoms with Crippen LogP contribution in [0.15, 0.2) is 33.2 Å². The number of aromatic carboxylic acids is 1. The Bertz CT molecular complexity index is 563. The summed E-state index contributed by atoms with van der Waals surface area (Å²) in [6.45, 7) is 1.84. The second kappa shape index (κ2) is 4.71. The Morgan fingerprint density at radius 3 is 2.71 bits per heavy atom. The van der Waals surface area contributed by atoms with Crippen molar-refractivity contribution in [3.8, 4) is 11.5 Å². The Hall–Kier alpha value is -1.62. The molecule has 88 valence electrons. The molecule has 4 nitrogen and oxygen atoms in total. The molecular formula is C12H10BrNO3. The lowest BCUT2D eigenvalue weighted by Crippen LogP contribution is -1.98. The van der Waals surface area contributed by atoms with E-state index in [-0.39, 0.29) is 5.76 Å². The molecule has 0 radical (unpaired) electrons. The van der Waals surface area contributed by atoms with Gasteiger partial charge in [0.2, 0.25) is 11.7 Å². The van der Waals surface area contributed by atoms with Gasteiger partial charge in [-0.15, -0.1) is 0 Å². The van der Waals surface area contributed by atoms with Gasteiger partial charge in [-0.3, -0.25) is 0 Å². The number of halogens is 1. The number of hydrogen-bond acceptors (Lipinski definition) is 3. The predicted octanol–water partition coefficient (Wildman–Crippen LogP) is 3.36. The Balaban J connectivity index is 2.54. The fourth-order valence-electron chi connectivity index (χ4n) is 1.51. The van der Waals surface area contributed by atoms with E-state index in [1.54, 1.807) is 0 Å². The predicted molar refractivity (Wildman–Crippen MR) is 66.0 cm³/mol. The Kier molecular flexibility index (Phi) is 3.28. The average molecular weight is 296 g/mol.